The third-order valence-corrected chi connectivity index (χ3v) is 3.26. The van der Waals surface area contributed by atoms with E-state index in [1.807, 2.05) is 13.8 Å². The number of carbonyl (C=O) groups excluding carboxylic acids is 1. The van der Waals surface area contributed by atoms with Crippen LogP contribution in [0.4, 0.5) is 18.7 Å². The second-order valence-electron chi connectivity index (χ2n) is 4.21. The van der Waals surface area contributed by atoms with Gasteiger partial charge in [0, 0.05) is 12.6 Å². The first-order valence-corrected chi connectivity index (χ1v) is 6.55. The lowest BCUT2D eigenvalue weighted by atomic mass is 10.0. The van der Waals surface area contributed by atoms with E-state index in [1.165, 1.54) is 0 Å². The van der Waals surface area contributed by atoms with E-state index in [-0.39, 0.29) is 23.7 Å². The SMILES string of the molecule is CC(C)C(CCO)NC(=O)Nc1nnc(C(F)F)s1. The first-order valence-electron chi connectivity index (χ1n) is 5.74. The van der Waals surface area contributed by atoms with Crippen LogP contribution < -0.4 is 10.6 Å². The molecular formula is C10H16F2N4O2S. The van der Waals surface area contributed by atoms with E-state index >= 15 is 0 Å². The Morgan fingerprint density at radius 1 is 1.42 bits per heavy atom. The van der Waals surface area contributed by atoms with Crippen molar-refractivity contribution in [3.05, 3.63) is 5.01 Å². The molecule has 1 rings (SSSR count). The number of carbonyl (C=O) groups is 1. The molecule has 0 spiro atoms. The molecule has 1 atom stereocenters. The van der Waals surface area contributed by atoms with Gasteiger partial charge in [-0.2, -0.15) is 0 Å². The van der Waals surface area contributed by atoms with Crippen LogP contribution in [0.5, 0.6) is 0 Å². The van der Waals surface area contributed by atoms with Crippen LogP contribution >= 0.6 is 11.3 Å². The van der Waals surface area contributed by atoms with Crippen molar-refractivity contribution in [2.75, 3.05) is 11.9 Å². The van der Waals surface area contributed by atoms with Gasteiger partial charge in [0.15, 0.2) is 5.01 Å². The normalized spacial score (nSPS) is 12.8. The monoisotopic (exact) mass is 294 g/mol. The highest BCUT2D eigenvalue weighted by atomic mass is 32.1. The minimum absolute atomic E-state index is 0.0132. The highest BCUT2D eigenvalue weighted by Crippen LogP contribution is 2.24. The number of nitrogens with one attached hydrogen (secondary N) is 2. The summed E-state index contributed by atoms with van der Waals surface area (Å²) in [6, 6.07) is -0.753. The number of urea groups is 1. The fraction of sp³-hybridized carbons (Fsp3) is 0.700. The second-order valence-corrected chi connectivity index (χ2v) is 5.22. The highest BCUT2D eigenvalue weighted by molar-refractivity contribution is 7.15. The largest absolute Gasteiger partial charge is 0.396 e. The van der Waals surface area contributed by atoms with Gasteiger partial charge in [-0.3, -0.25) is 5.32 Å². The van der Waals surface area contributed by atoms with Crippen molar-refractivity contribution < 1.29 is 18.7 Å². The summed E-state index contributed by atoms with van der Waals surface area (Å²) in [5.74, 6) is 0.143. The summed E-state index contributed by atoms with van der Waals surface area (Å²) >= 11 is 0.625. The predicted molar refractivity (Wildman–Crippen MR) is 67.3 cm³/mol. The molecule has 1 unspecified atom stereocenters. The fourth-order valence-electron chi connectivity index (χ4n) is 1.39. The van der Waals surface area contributed by atoms with Gasteiger partial charge in [0.05, 0.1) is 0 Å². The van der Waals surface area contributed by atoms with Gasteiger partial charge in [-0.05, 0) is 12.3 Å². The Labute approximate surface area is 113 Å². The third kappa shape index (κ3) is 5.03. The van der Waals surface area contributed by atoms with Crippen molar-refractivity contribution in [1.29, 1.82) is 0 Å². The van der Waals surface area contributed by atoms with Gasteiger partial charge in [0.1, 0.15) is 0 Å². The molecular weight excluding hydrogens is 278 g/mol. The number of aliphatic hydroxyl groups excluding tert-OH is 1. The number of hydrogen-bond donors (Lipinski definition) is 3. The lowest BCUT2D eigenvalue weighted by Crippen LogP contribution is -2.41. The predicted octanol–water partition coefficient (Wildman–Crippen LogP) is 2.00. The Balaban J connectivity index is 2.53. The van der Waals surface area contributed by atoms with Gasteiger partial charge in [0.2, 0.25) is 5.13 Å². The molecule has 9 heteroatoms. The Hall–Kier alpha value is -1.35. The number of alkyl halides is 2. The molecule has 3 N–H and O–H groups in total. The van der Waals surface area contributed by atoms with Crippen molar-refractivity contribution in [1.82, 2.24) is 15.5 Å². The summed E-state index contributed by atoms with van der Waals surface area (Å²) in [6.45, 7) is 3.76. The summed E-state index contributed by atoms with van der Waals surface area (Å²) in [6.07, 6.45) is -2.28. The minimum Gasteiger partial charge on any atom is -0.396 e. The van der Waals surface area contributed by atoms with Crippen LogP contribution in [-0.4, -0.2) is 34.0 Å². The van der Waals surface area contributed by atoms with Crippen molar-refractivity contribution in [2.24, 2.45) is 5.92 Å². The molecule has 108 valence electrons. The first-order chi connectivity index (χ1) is 8.93. The maximum atomic E-state index is 12.3. The lowest BCUT2D eigenvalue weighted by molar-refractivity contribution is 0.150. The zero-order valence-electron chi connectivity index (χ0n) is 10.6. The van der Waals surface area contributed by atoms with Crippen LogP contribution in [0.1, 0.15) is 31.7 Å². The van der Waals surface area contributed by atoms with Crippen LogP contribution in [0.3, 0.4) is 0 Å². The molecule has 1 aromatic heterocycles. The number of hydrogen-bond acceptors (Lipinski definition) is 5. The third-order valence-electron chi connectivity index (χ3n) is 2.41. The molecule has 2 amide bonds. The maximum absolute atomic E-state index is 12.3. The molecule has 0 bridgehead atoms. The number of aliphatic hydroxyl groups is 1. The van der Waals surface area contributed by atoms with Crippen LogP contribution in [0, 0.1) is 5.92 Å². The van der Waals surface area contributed by atoms with E-state index in [9.17, 15) is 13.6 Å². The van der Waals surface area contributed by atoms with Gasteiger partial charge in [-0.15, -0.1) is 10.2 Å². The van der Waals surface area contributed by atoms with Gasteiger partial charge in [0.25, 0.3) is 6.43 Å². The molecule has 1 aromatic rings. The van der Waals surface area contributed by atoms with E-state index in [2.05, 4.69) is 20.8 Å². The summed E-state index contributed by atoms with van der Waals surface area (Å²) in [5, 5.41) is 20.1. The Morgan fingerprint density at radius 3 is 2.58 bits per heavy atom. The number of amides is 2. The van der Waals surface area contributed by atoms with Crippen LogP contribution in [0.15, 0.2) is 0 Å². The van der Waals surface area contributed by atoms with Crippen molar-refractivity contribution in [3.63, 3.8) is 0 Å². The van der Waals surface area contributed by atoms with Crippen molar-refractivity contribution >= 4 is 22.5 Å². The van der Waals surface area contributed by atoms with E-state index in [0.717, 1.165) is 0 Å². The molecule has 6 nitrogen and oxygen atoms in total. The molecule has 0 aliphatic heterocycles. The molecule has 0 saturated heterocycles. The average molecular weight is 294 g/mol. The lowest BCUT2D eigenvalue weighted by Gasteiger charge is -2.21. The topological polar surface area (TPSA) is 87.1 Å². The van der Waals surface area contributed by atoms with Crippen LogP contribution in [0.25, 0.3) is 0 Å². The quantitative estimate of drug-likeness (QED) is 0.749. The van der Waals surface area contributed by atoms with E-state index < -0.39 is 17.5 Å². The standard InChI is InChI=1S/C10H16F2N4O2S/c1-5(2)6(3-4-17)13-9(18)14-10-16-15-8(19-10)7(11)12/h5-7,17H,3-4H2,1-2H3,(H2,13,14,16,18). The summed E-state index contributed by atoms with van der Waals surface area (Å²) in [5.41, 5.74) is 0. The molecule has 0 fully saturated rings. The summed E-state index contributed by atoms with van der Waals surface area (Å²) in [7, 11) is 0. The Bertz CT molecular complexity index is 414. The van der Waals surface area contributed by atoms with E-state index in [4.69, 9.17) is 5.11 Å². The molecule has 0 radical (unpaired) electrons. The highest BCUT2D eigenvalue weighted by Gasteiger charge is 2.18. The van der Waals surface area contributed by atoms with Gasteiger partial charge in [-0.1, -0.05) is 25.2 Å². The minimum atomic E-state index is -2.70. The van der Waals surface area contributed by atoms with Crippen molar-refractivity contribution in [3.8, 4) is 0 Å². The van der Waals surface area contributed by atoms with Crippen LogP contribution in [-0.2, 0) is 0 Å². The summed E-state index contributed by atoms with van der Waals surface area (Å²) < 4.78 is 24.6. The number of halogens is 2. The fourth-order valence-corrected chi connectivity index (χ4v) is 1.98. The molecule has 19 heavy (non-hydrogen) atoms. The number of rotatable bonds is 6. The summed E-state index contributed by atoms with van der Waals surface area (Å²) in [4.78, 5) is 11.6. The molecule has 0 saturated carbocycles. The molecule has 0 aromatic carbocycles. The zero-order chi connectivity index (χ0) is 14.4. The number of nitrogens with zero attached hydrogens (tertiary/aromatic N) is 2. The second kappa shape index (κ2) is 7.29. The maximum Gasteiger partial charge on any atom is 0.321 e. The smallest absolute Gasteiger partial charge is 0.321 e. The molecule has 0 aliphatic rings. The first kappa shape index (κ1) is 15.7. The van der Waals surface area contributed by atoms with Crippen LogP contribution in [0.2, 0.25) is 0 Å². The Kier molecular flexibility index (Phi) is 6.03. The number of aromatic nitrogens is 2. The molecule has 0 aliphatic carbocycles. The van der Waals surface area contributed by atoms with Gasteiger partial charge >= 0.3 is 6.03 Å². The Morgan fingerprint density at radius 2 is 2.11 bits per heavy atom. The van der Waals surface area contributed by atoms with Gasteiger partial charge in [-0.25, -0.2) is 13.6 Å². The van der Waals surface area contributed by atoms with Crippen molar-refractivity contribution in [2.45, 2.75) is 32.7 Å². The average Bonchev–Trinajstić information content (AvgIpc) is 2.76. The molecule has 1 heterocycles. The number of anilines is 1. The van der Waals surface area contributed by atoms with E-state index in [1.54, 1.807) is 0 Å². The van der Waals surface area contributed by atoms with Gasteiger partial charge < -0.3 is 10.4 Å². The van der Waals surface area contributed by atoms with E-state index in [0.29, 0.717) is 17.8 Å². The zero-order valence-corrected chi connectivity index (χ0v) is 11.4.